The van der Waals surface area contributed by atoms with Gasteiger partial charge in [0, 0.05) is 0 Å². The number of benzene rings is 2. The summed E-state index contributed by atoms with van der Waals surface area (Å²) in [6.07, 6.45) is 1.86. The molecule has 0 unspecified atom stereocenters. The Bertz CT molecular complexity index is 1080. The number of carbonyl (C=O) groups is 2. The van der Waals surface area contributed by atoms with Gasteiger partial charge in [0.05, 0.1) is 0 Å². The number of allylic oxidation sites excluding steroid dienone is 2. The molecule has 28 heavy (non-hydrogen) atoms. The van der Waals surface area contributed by atoms with E-state index < -0.39 is 0 Å². The van der Waals surface area contributed by atoms with Crippen molar-refractivity contribution in [3.8, 4) is 0 Å². The van der Waals surface area contributed by atoms with Crippen LogP contribution in [0, 0.1) is 0 Å². The Morgan fingerprint density at radius 3 is 2.39 bits per heavy atom. The van der Waals surface area contributed by atoms with Crippen molar-refractivity contribution in [1.29, 1.82) is 0 Å². The van der Waals surface area contributed by atoms with Crippen LogP contribution in [0.1, 0.15) is 26.4 Å². The molecule has 0 radical (unpaired) electrons. The molecule has 140 valence electrons. The zero-order valence-electron chi connectivity index (χ0n) is 14.6. The molecule has 1 aromatic heterocycles. The number of nitrogens with one attached hydrogen (secondary N) is 1. The molecule has 1 aliphatic carbocycles. The van der Waals surface area contributed by atoms with Crippen LogP contribution in [0.3, 0.4) is 0 Å². The van der Waals surface area contributed by atoms with E-state index in [1.807, 2.05) is 24.4 Å². The first kappa shape index (κ1) is 18.8. The zero-order chi connectivity index (χ0) is 19.5. The van der Waals surface area contributed by atoms with Gasteiger partial charge in [-0.15, -0.1) is 0 Å². The SMILES string of the molecule is O=C1C(Br)=C(NCc2cn(C[Se]c3ccccc3)nn2)C(=O)c2ccccc21. The van der Waals surface area contributed by atoms with Crippen LogP contribution in [-0.2, 0) is 12.0 Å². The fraction of sp³-hybridized carbons (Fsp3) is 0.100. The fourth-order valence-electron chi connectivity index (χ4n) is 2.82. The number of fused-ring (bicyclic) bond motifs is 1. The number of nitrogens with zero attached hydrogens (tertiary/aromatic N) is 3. The standard InChI is InChI=1S/C20H15BrN4O2Se/c21-17-18(20(27)16-9-5-4-8-15(16)19(17)26)22-10-13-11-25(24-23-13)12-28-14-6-2-1-3-7-14/h1-9,11,22H,10,12H2. The van der Waals surface area contributed by atoms with Crippen molar-refractivity contribution < 1.29 is 9.59 Å². The molecule has 1 heterocycles. The van der Waals surface area contributed by atoms with E-state index in [1.54, 1.807) is 28.9 Å². The molecule has 6 nitrogen and oxygen atoms in total. The number of hydrogen-bond donors (Lipinski definition) is 1. The van der Waals surface area contributed by atoms with Crippen LogP contribution in [0.15, 0.2) is 71.0 Å². The topological polar surface area (TPSA) is 76.9 Å². The monoisotopic (exact) mass is 502 g/mol. The third-order valence-electron chi connectivity index (χ3n) is 4.20. The second-order valence-corrected chi connectivity index (χ2v) is 9.01. The van der Waals surface area contributed by atoms with Crippen molar-refractivity contribution in [2.24, 2.45) is 0 Å². The number of rotatable bonds is 6. The molecule has 0 fully saturated rings. The summed E-state index contributed by atoms with van der Waals surface area (Å²) >= 11 is 3.53. The molecular weight excluding hydrogens is 487 g/mol. The van der Waals surface area contributed by atoms with Crippen LogP contribution in [0.5, 0.6) is 0 Å². The maximum atomic E-state index is 12.7. The molecule has 1 N–H and O–H groups in total. The fourth-order valence-corrected chi connectivity index (χ4v) is 4.94. The quantitative estimate of drug-likeness (QED) is 0.523. The number of aromatic nitrogens is 3. The molecule has 4 rings (SSSR count). The zero-order valence-corrected chi connectivity index (χ0v) is 17.9. The number of ketones is 2. The summed E-state index contributed by atoms with van der Waals surface area (Å²) < 4.78 is 3.34. The molecular formula is C20H15BrN4O2Se. The Balaban J connectivity index is 1.42. The second kappa shape index (κ2) is 8.22. The number of Topliss-reactive ketones (excluding diaryl/α,β-unsaturated/α-hetero) is 2. The van der Waals surface area contributed by atoms with E-state index in [0.29, 0.717) is 23.4 Å². The number of halogens is 1. The van der Waals surface area contributed by atoms with Gasteiger partial charge >= 0.3 is 177 Å². The van der Waals surface area contributed by atoms with Crippen molar-refractivity contribution in [1.82, 2.24) is 20.3 Å². The van der Waals surface area contributed by atoms with Gasteiger partial charge < -0.3 is 0 Å². The Morgan fingerprint density at radius 2 is 1.64 bits per heavy atom. The maximum absolute atomic E-state index is 12.7. The van der Waals surface area contributed by atoms with Crippen LogP contribution >= 0.6 is 15.9 Å². The van der Waals surface area contributed by atoms with Crippen molar-refractivity contribution >= 4 is 46.9 Å². The molecule has 0 atom stereocenters. The van der Waals surface area contributed by atoms with E-state index in [-0.39, 0.29) is 36.7 Å². The van der Waals surface area contributed by atoms with Gasteiger partial charge in [0.15, 0.2) is 0 Å². The van der Waals surface area contributed by atoms with Gasteiger partial charge in [-0.1, -0.05) is 0 Å². The Morgan fingerprint density at radius 1 is 0.964 bits per heavy atom. The molecule has 1 aliphatic rings. The van der Waals surface area contributed by atoms with E-state index in [2.05, 4.69) is 43.7 Å². The van der Waals surface area contributed by atoms with E-state index >= 15 is 0 Å². The first-order chi connectivity index (χ1) is 13.6. The van der Waals surface area contributed by atoms with Crippen LogP contribution < -0.4 is 9.78 Å². The van der Waals surface area contributed by atoms with Gasteiger partial charge in [-0.2, -0.15) is 0 Å². The summed E-state index contributed by atoms with van der Waals surface area (Å²) in [5, 5.41) is 11.3. The van der Waals surface area contributed by atoms with E-state index in [4.69, 9.17) is 0 Å². The molecule has 3 aromatic rings. The number of hydrogen-bond acceptors (Lipinski definition) is 5. The first-order valence-electron chi connectivity index (χ1n) is 8.52. The van der Waals surface area contributed by atoms with E-state index in [1.165, 1.54) is 4.46 Å². The average Bonchev–Trinajstić information content (AvgIpc) is 3.19. The summed E-state index contributed by atoms with van der Waals surface area (Å²) in [6, 6.07) is 17.1. The van der Waals surface area contributed by atoms with Crippen molar-refractivity contribution in [3.63, 3.8) is 0 Å². The normalized spacial score (nSPS) is 13.6. The summed E-state index contributed by atoms with van der Waals surface area (Å²) in [5.41, 5.74) is 2.57. The van der Waals surface area contributed by atoms with Crippen LogP contribution in [0.2, 0.25) is 0 Å². The van der Waals surface area contributed by atoms with Crippen LogP contribution in [0.4, 0.5) is 0 Å². The predicted molar refractivity (Wildman–Crippen MR) is 110 cm³/mol. The first-order valence-corrected chi connectivity index (χ1v) is 11.4. The Kier molecular flexibility index (Phi) is 5.52. The molecule has 0 saturated heterocycles. The minimum absolute atomic E-state index is 0.202. The molecule has 0 spiro atoms. The van der Waals surface area contributed by atoms with Gasteiger partial charge in [-0.05, 0) is 0 Å². The van der Waals surface area contributed by atoms with Gasteiger partial charge in [-0.25, -0.2) is 0 Å². The molecule has 0 bridgehead atoms. The van der Waals surface area contributed by atoms with Crippen molar-refractivity contribution in [2.45, 2.75) is 12.0 Å². The van der Waals surface area contributed by atoms with Gasteiger partial charge in [0.25, 0.3) is 0 Å². The third-order valence-corrected chi connectivity index (χ3v) is 7.05. The van der Waals surface area contributed by atoms with Crippen molar-refractivity contribution in [3.05, 3.63) is 87.8 Å². The summed E-state index contributed by atoms with van der Waals surface area (Å²) in [5.74, 6) is -0.409. The summed E-state index contributed by atoms with van der Waals surface area (Å²) in [7, 11) is 0. The second-order valence-electron chi connectivity index (χ2n) is 6.08. The summed E-state index contributed by atoms with van der Waals surface area (Å²) in [4.78, 5) is 25.2. The average molecular weight is 502 g/mol. The van der Waals surface area contributed by atoms with E-state index in [9.17, 15) is 9.59 Å². The van der Waals surface area contributed by atoms with Gasteiger partial charge in [0.2, 0.25) is 0 Å². The van der Waals surface area contributed by atoms with E-state index in [0.717, 1.165) is 5.44 Å². The summed E-state index contributed by atoms with van der Waals surface area (Å²) in [6.45, 7) is 0.309. The third kappa shape index (κ3) is 3.85. The Labute approximate surface area is 176 Å². The molecule has 8 heteroatoms. The van der Waals surface area contributed by atoms with Crippen LogP contribution in [0.25, 0.3) is 0 Å². The predicted octanol–water partition coefficient (Wildman–Crippen LogP) is 2.04. The molecule has 0 amide bonds. The molecule has 2 aromatic carbocycles. The molecule has 0 aliphatic heterocycles. The van der Waals surface area contributed by atoms with Crippen LogP contribution in [-0.4, -0.2) is 41.5 Å². The molecule has 0 saturated carbocycles. The minimum atomic E-state index is -0.207. The number of carbonyl (C=O) groups excluding carboxylic acids is 2. The van der Waals surface area contributed by atoms with Crippen molar-refractivity contribution in [2.75, 3.05) is 0 Å². The Hall–Kier alpha value is -2.54. The van der Waals surface area contributed by atoms with Gasteiger partial charge in [-0.3, -0.25) is 0 Å². The van der Waals surface area contributed by atoms with Gasteiger partial charge in [0.1, 0.15) is 0 Å².